The van der Waals surface area contributed by atoms with Crippen molar-refractivity contribution in [3.63, 3.8) is 0 Å². The number of unbranched alkanes of at least 4 members (excludes halogenated alkanes) is 3. The minimum absolute atomic E-state index is 0.484. The quantitative estimate of drug-likeness (QED) is 0.422. The third-order valence-corrected chi connectivity index (χ3v) is 3.81. The summed E-state index contributed by atoms with van der Waals surface area (Å²) in [6.45, 7) is 5.15. The number of nitrogens with one attached hydrogen (secondary N) is 1. The summed E-state index contributed by atoms with van der Waals surface area (Å²) >= 11 is 0. The van der Waals surface area contributed by atoms with Crippen molar-refractivity contribution >= 4 is 17.3 Å². The molecule has 0 heterocycles. The van der Waals surface area contributed by atoms with E-state index in [-0.39, 0.29) is 0 Å². The lowest BCUT2D eigenvalue weighted by Gasteiger charge is -2.10. The summed E-state index contributed by atoms with van der Waals surface area (Å²) in [5.74, 6) is -0.979. The molecule has 1 aromatic carbocycles. The molecule has 1 aromatic rings. The Bertz CT molecular complexity index is 597. The van der Waals surface area contributed by atoms with E-state index in [1.165, 1.54) is 43.4 Å². The molecule has 0 spiro atoms. The molecule has 4 nitrogen and oxygen atoms in total. The average molecular weight is 342 g/mol. The number of aryl methyl sites for hydroxylation is 1. The van der Waals surface area contributed by atoms with Crippen molar-refractivity contribution in [2.24, 2.45) is 5.73 Å². The van der Waals surface area contributed by atoms with Crippen molar-refractivity contribution in [1.82, 2.24) is 0 Å². The molecule has 2 rings (SSSR count). The van der Waals surface area contributed by atoms with Crippen LogP contribution in [0.2, 0.25) is 0 Å². The fraction of sp³-hybridized carbons (Fsp3) is 0.429. The van der Waals surface area contributed by atoms with Gasteiger partial charge in [-0.1, -0.05) is 51.7 Å². The maximum absolute atomic E-state index is 11.2. The van der Waals surface area contributed by atoms with Crippen LogP contribution >= 0.6 is 0 Å². The maximum Gasteiger partial charge on any atom is 0.227 e. The van der Waals surface area contributed by atoms with Gasteiger partial charge in [-0.15, -0.1) is 0 Å². The molecule has 0 amide bonds. The summed E-state index contributed by atoms with van der Waals surface area (Å²) < 4.78 is 0. The number of hydrogen-bond acceptors (Lipinski definition) is 4. The van der Waals surface area contributed by atoms with Gasteiger partial charge in [0.05, 0.1) is 0 Å². The van der Waals surface area contributed by atoms with Gasteiger partial charge in [-0.3, -0.25) is 9.59 Å². The third kappa shape index (κ3) is 8.45. The van der Waals surface area contributed by atoms with E-state index in [4.69, 9.17) is 5.73 Å². The molecule has 0 aromatic heterocycles. The molecule has 0 atom stereocenters. The third-order valence-electron chi connectivity index (χ3n) is 3.81. The number of rotatable bonds is 8. The topological polar surface area (TPSA) is 72.2 Å². The van der Waals surface area contributed by atoms with Crippen LogP contribution < -0.4 is 11.1 Å². The summed E-state index contributed by atoms with van der Waals surface area (Å²) in [6, 6.07) is 7.94. The Balaban J connectivity index is 0.000000450. The Morgan fingerprint density at radius 2 is 1.52 bits per heavy atom. The zero-order valence-electron chi connectivity index (χ0n) is 15.4. The van der Waals surface area contributed by atoms with Crippen LogP contribution in [0, 0.1) is 0 Å². The molecule has 0 saturated carbocycles. The molecule has 1 aliphatic rings. The van der Waals surface area contributed by atoms with Gasteiger partial charge >= 0.3 is 0 Å². The van der Waals surface area contributed by atoms with Crippen LogP contribution in [0.1, 0.15) is 51.5 Å². The number of allylic oxidation sites excluding steroid dienone is 3. The number of hydrogen-bond donors (Lipinski definition) is 2. The number of nitrogens with two attached hydrogens (primary N) is 1. The van der Waals surface area contributed by atoms with Crippen LogP contribution in [-0.2, 0) is 16.0 Å². The first-order chi connectivity index (χ1) is 12.1. The highest BCUT2D eigenvalue weighted by molar-refractivity contribution is 6.46. The summed E-state index contributed by atoms with van der Waals surface area (Å²) in [4.78, 5) is 22.3. The maximum atomic E-state index is 11.2. The first-order valence-electron chi connectivity index (χ1n) is 9.14. The van der Waals surface area contributed by atoms with E-state index >= 15 is 0 Å². The molecule has 3 N–H and O–H groups in total. The van der Waals surface area contributed by atoms with Crippen molar-refractivity contribution in [3.05, 3.63) is 53.8 Å². The van der Waals surface area contributed by atoms with Gasteiger partial charge in [0.1, 0.15) is 0 Å². The average Bonchev–Trinajstić information content (AvgIpc) is 2.63. The molecule has 0 fully saturated rings. The van der Waals surface area contributed by atoms with Crippen molar-refractivity contribution in [2.75, 3.05) is 11.9 Å². The van der Waals surface area contributed by atoms with Crippen LogP contribution in [0.25, 0.3) is 0 Å². The number of carbonyl (C=O) groups is 2. The lowest BCUT2D eigenvalue weighted by atomic mass is 10.1. The fourth-order valence-electron chi connectivity index (χ4n) is 2.31. The minimum Gasteiger partial charge on any atom is -0.355 e. The molecular weight excluding hydrogens is 312 g/mol. The van der Waals surface area contributed by atoms with E-state index in [1.54, 1.807) is 6.08 Å². The normalized spacial score (nSPS) is 13.2. The van der Waals surface area contributed by atoms with Crippen LogP contribution in [0.4, 0.5) is 5.69 Å². The molecule has 136 valence electrons. The van der Waals surface area contributed by atoms with E-state index in [1.807, 2.05) is 24.3 Å². The summed E-state index contributed by atoms with van der Waals surface area (Å²) in [7, 11) is 0. The zero-order valence-corrected chi connectivity index (χ0v) is 15.4. The van der Waals surface area contributed by atoms with Crippen molar-refractivity contribution in [3.8, 4) is 0 Å². The van der Waals surface area contributed by atoms with E-state index in [0.717, 1.165) is 18.5 Å². The highest BCUT2D eigenvalue weighted by Crippen LogP contribution is 2.15. The van der Waals surface area contributed by atoms with Crippen LogP contribution in [0.5, 0.6) is 0 Å². The molecule has 4 heteroatoms. The van der Waals surface area contributed by atoms with E-state index in [2.05, 4.69) is 19.2 Å². The van der Waals surface area contributed by atoms with Gasteiger partial charge in [0.2, 0.25) is 11.6 Å². The van der Waals surface area contributed by atoms with Crippen molar-refractivity contribution in [2.45, 2.75) is 52.4 Å². The lowest BCUT2D eigenvalue weighted by molar-refractivity contribution is -0.131. The summed E-state index contributed by atoms with van der Waals surface area (Å²) in [5, 5.41) is 3.09. The highest BCUT2D eigenvalue weighted by Gasteiger charge is 2.12. The lowest BCUT2D eigenvalue weighted by Crippen LogP contribution is -2.14. The van der Waals surface area contributed by atoms with Gasteiger partial charge in [-0.05, 0) is 49.2 Å². The molecule has 0 aliphatic heterocycles. The van der Waals surface area contributed by atoms with Gasteiger partial charge < -0.3 is 11.1 Å². The van der Waals surface area contributed by atoms with Crippen molar-refractivity contribution < 1.29 is 9.59 Å². The molecule has 0 unspecified atom stereocenters. The van der Waals surface area contributed by atoms with Crippen LogP contribution in [0.3, 0.4) is 0 Å². The first-order valence-corrected chi connectivity index (χ1v) is 9.14. The second-order valence-electron chi connectivity index (χ2n) is 6.08. The Morgan fingerprint density at radius 3 is 2.04 bits per heavy atom. The number of benzene rings is 1. The minimum atomic E-state index is -0.496. The van der Waals surface area contributed by atoms with Gasteiger partial charge in [-0.25, -0.2) is 0 Å². The van der Waals surface area contributed by atoms with Gasteiger partial charge in [0.25, 0.3) is 0 Å². The summed E-state index contributed by atoms with van der Waals surface area (Å²) in [5.41, 5.74) is 8.21. The number of anilines is 1. The first kappa shape index (κ1) is 20.8. The number of ketones is 2. The van der Waals surface area contributed by atoms with Crippen LogP contribution in [-0.4, -0.2) is 18.1 Å². The smallest absolute Gasteiger partial charge is 0.227 e. The molecule has 25 heavy (non-hydrogen) atoms. The highest BCUT2D eigenvalue weighted by atomic mass is 16.2. The molecule has 1 aliphatic carbocycles. The molecule has 0 bridgehead atoms. The molecule has 0 radical (unpaired) electrons. The fourth-order valence-corrected chi connectivity index (χ4v) is 2.31. The van der Waals surface area contributed by atoms with E-state index < -0.39 is 11.6 Å². The van der Waals surface area contributed by atoms with E-state index in [9.17, 15) is 9.59 Å². The predicted octanol–water partition coefficient (Wildman–Crippen LogP) is 4.17. The predicted molar refractivity (Wildman–Crippen MR) is 104 cm³/mol. The van der Waals surface area contributed by atoms with Crippen LogP contribution in [0.15, 0.2) is 48.2 Å². The Kier molecular flexibility index (Phi) is 10.2. The SMILES string of the molecule is CCCCCC.NCCCc1ccc(NC2=CC(=O)C(=O)C=C2)cc1. The summed E-state index contributed by atoms with van der Waals surface area (Å²) in [6.07, 6.45) is 11.7. The largest absolute Gasteiger partial charge is 0.355 e. The van der Waals surface area contributed by atoms with Gasteiger partial charge in [0.15, 0.2) is 0 Å². The van der Waals surface area contributed by atoms with E-state index in [0.29, 0.717) is 12.2 Å². The Morgan fingerprint density at radius 1 is 0.880 bits per heavy atom. The monoisotopic (exact) mass is 342 g/mol. The Hall–Kier alpha value is -2.20. The molecular formula is C21H30N2O2. The zero-order chi connectivity index (χ0) is 18.5. The second-order valence-corrected chi connectivity index (χ2v) is 6.08. The second kappa shape index (κ2) is 12.2. The standard InChI is InChI=1S/C15H16N2O2.C6H14/c16-9-1-2-11-3-5-12(6-4-11)17-13-7-8-14(18)15(19)10-13;1-3-5-6-4-2/h3-8,10,17H,1-2,9,16H2;3-6H2,1-2H3. The van der Waals surface area contributed by atoms with Crippen molar-refractivity contribution in [1.29, 1.82) is 0 Å². The van der Waals surface area contributed by atoms with Gasteiger partial charge in [-0.2, -0.15) is 0 Å². The number of carbonyl (C=O) groups excluding carboxylic acids is 2. The van der Waals surface area contributed by atoms with Gasteiger partial charge in [0, 0.05) is 17.5 Å². The Labute approximate surface area is 151 Å². The molecule has 0 saturated heterocycles.